The number of aromatic nitrogens is 1. The number of benzene rings is 2. The summed E-state index contributed by atoms with van der Waals surface area (Å²) in [6.07, 6.45) is 0.570. The average Bonchev–Trinajstić information content (AvgIpc) is 3.27. The van der Waals surface area contributed by atoms with Crippen molar-refractivity contribution in [1.29, 1.82) is 0 Å². The summed E-state index contributed by atoms with van der Waals surface area (Å²) < 4.78 is 53.2. The summed E-state index contributed by atoms with van der Waals surface area (Å²) in [6.45, 7) is 2.35. The Labute approximate surface area is 174 Å². The van der Waals surface area contributed by atoms with Crippen LogP contribution in [0.1, 0.15) is 11.4 Å². The second kappa shape index (κ2) is 7.43. The first-order valence-corrected chi connectivity index (χ1v) is 12.9. The number of aryl methyl sites for hydroxylation is 1. The van der Waals surface area contributed by atoms with Gasteiger partial charge in [0.1, 0.15) is 0 Å². The predicted molar refractivity (Wildman–Crippen MR) is 115 cm³/mol. The smallest absolute Gasteiger partial charge is 0.261 e. The van der Waals surface area contributed by atoms with Crippen LogP contribution < -0.4 is 9.03 Å². The van der Waals surface area contributed by atoms with E-state index in [4.69, 9.17) is 0 Å². The molecule has 10 heteroatoms. The van der Waals surface area contributed by atoms with Crippen molar-refractivity contribution in [2.75, 3.05) is 21.3 Å². The second-order valence-corrected chi connectivity index (χ2v) is 11.4. The largest absolute Gasteiger partial charge is 0.280 e. The Morgan fingerprint density at radius 3 is 2.31 bits per heavy atom. The zero-order valence-electron chi connectivity index (χ0n) is 15.6. The van der Waals surface area contributed by atoms with E-state index in [2.05, 4.69) is 9.71 Å². The number of anilines is 2. The number of hydrogen-bond donors (Lipinski definition) is 1. The Hall–Kier alpha value is -2.43. The quantitative estimate of drug-likeness (QED) is 0.643. The van der Waals surface area contributed by atoms with Crippen molar-refractivity contribution >= 4 is 42.8 Å². The Morgan fingerprint density at radius 2 is 1.76 bits per heavy atom. The summed E-state index contributed by atoms with van der Waals surface area (Å²) in [5, 5.41) is 2.92. The second-order valence-electron chi connectivity index (χ2n) is 6.67. The van der Waals surface area contributed by atoms with Gasteiger partial charge in [-0.15, -0.1) is 11.3 Å². The molecule has 0 atom stereocenters. The van der Waals surface area contributed by atoms with Crippen LogP contribution in [-0.4, -0.2) is 34.1 Å². The molecule has 2 aromatic carbocycles. The maximum atomic E-state index is 12.7. The third-order valence-corrected chi connectivity index (χ3v) is 8.63. The molecule has 0 bridgehead atoms. The lowest BCUT2D eigenvalue weighted by atomic mass is 10.1. The van der Waals surface area contributed by atoms with E-state index in [1.807, 2.05) is 24.4 Å². The highest BCUT2D eigenvalue weighted by molar-refractivity contribution is 7.93. The SMILES string of the molecule is Cc1nc(-c2ccc(NS(=O)(=O)c3ccc(N4CCCS4(=O)=O)cc3)cc2)cs1. The summed E-state index contributed by atoms with van der Waals surface area (Å²) in [5.74, 6) is 0.116. The van der Waals surface area contributed by atoms with Gasteiger partial charge in [-0.05, 0) is 49.7 Å². The lowest BCUT2D eigenvalue weighted by molar-refractivity contribution is 0.599. The Balaban J connectivity index is 1.51. The molecule has 1 aromatic heterocycles. The summed E-state index contributed by atoms with van der Waals surface area (Å²) in [5.41, 5.74) is 2.68. The number of hydrogen-bond acceptors (Lipinski definition) is 6. The minimum atomic E-state index is -3.79. The van der Waals surface area contributed by atoms with Gasteiger partial charge < -0.3 is 0 Å². The number of thiazole rings is 1. The molecule has 152 valence electrons. The number of nitrogens with one attached hydrogen (secondary N) is 1. The molecular weight excluding hydrogens is 430 g/mol. The highest BCUT2D eigenvalue weighted by Gasteiger charge is 2.28. The fourth-order valence-electron chi connectivity index (χ4n) is 3.14. The Bertz CT molecular complexity index is 1230. The fourth-order valence-corrected chi connectivity index (χ4v) is 6.39. The van der Waals surface area contributed by atoms with Crippen LogP contribution in [0.2, 0.25) is 0 Å². The van der Waals surface area contributed by atoms with Gasteiger partial charge in [0.05, 0.1) is 27.0 Å². The van der Waals surface area contributed by atoms with E-state index in [1.165, 1.54) is 28.6 Å². The molecule has 7 nitrogen and oxygen atoms in total. The topological polar surface area (TPSA) is 96.4 Å². The van der Waals surface area contributed by atoms with Gasteiger partial charge in [0.15, 0.2) is 0 Å². The molecule has 0 amide bonds. The average molecular weight is 450 g/mol. The highest BCUT2D eigenvalue weighted by Crippen LogP contribution is 2.27. The van der Waals surface area contributed by atoms with Crippen LogP contribution in [0.15, 0.2) is 58.8 Å². The van der Waals surface area contributed by atoms with Crippen molar-refractivity contribution in [1.82, 2.24) is 4.98 Å². The third-order valence-electron chi connectivity index (χ3n) is 4.59. The molecule has 0 spiro atoms. The van der Waals surface area contributed by atoms with Crippen molar-refractivity contribution in [3.8, 4) is 11.3 Å². The Morgan fingerprint density at radius 1 is 1.07 bits per heavy atom. The van der Waals surface area contributed by atoms with Crippen LogP contribution >= 0.6 is 11.3 Å². The van der Waals surface area contributed by atoms with Gasteiger partial charge in [0.2, 0.25) is 10.0 Å². The van der Waals surface area contributed by atoms with E-state index < -0.39 is 20.0 Å². The van der Waals surface area contributed by atoms with Gasteiger partial charge in [-0.2, -0.15) is 0 Å². The van der Waals surface area contributed by atoms with E-state index in [1.54, 1.807) is 23.5 Å². The minimum absolute atomic E-state index is 0.0667. The van der Waals surface area contributed by atoms with Crippen molar-refractivity contribution in [2.45, 2.75) is 18.2 Å². The molecule has 1 aliphatic heterocycles. The van der Waals surface area contributed by atoms with E-state index >= 15 is 0 Å². The number of sulfonamides is 2. The molecule has 4 rings (SSSR count). The summed E-state index contributed by atoms with van der Waals surface area (Å²) >= 11 is 1.56. The third kappa shape index (κ3) is 4.14. The lowest BCUT2D eigenvalue weighted by Crippen LogP contribution is -2.25. The van der Waals surface area contributed by atoms with Crippen LogP contribution in [0, 0.1) is 6.92 Å². The first kappa shape index (κ1) is 19.9. The van der Waals surface area contributed by atoms with E-state index in [0.717, 1.165) is 16.3 Å². The summed E-state index contributed by atoms with van der Waals surface area (Å²) in [4.78, 5) is 4.48. The van der Waals surface area contributed by atoms with Gasteiger partial charge in [0.25, 0.3) is 10.0 Å². The molecule has 1 saturated heterocycles. The molecule has 29 heavy (non-hydrogen) atoms. The summed E-state index contributed by atoms with van der Waals surface area (Å²) in [6, 6.07) is 12.9. The first-order valence-electron chi connectivity index (χ1n) is 8.90. The Kier molecular flexibility index (Phi) is 5.09. The normalized spacial score (nSPS) is 16.1. The fraction of sp³-hybridized carbons (Fsp3) is 0.211. The van der Waals surface area contributed by atoms with Crippen molar-refractivity contribution in [3.63, 3.8) is 0 Å². The molecule has 0 unspecified atom stereocenters. The zero-order valence-corrected chi connectivity index (χ0v) is 18.0. The van der Waals surface area contributed by atoms with Gasteiger partial charge in [-0.1, -0.05) is 12.1 Å². The molecule has 2 heterocycles. The van der Waals surface area contributed by atoms with Crippen molar-refractivity contribution < 1.29 is 16.8 Å². The van der Waals surface area contributed by atoms with E-state index in [-0.39, 0.29) is 10.6 Å². The van der Waals surface area contributed by atoms with Gasteiger partial charge in [0, 0.05) is 23.2 Å². The standard InChI is InChI=1S/C19H19N3O4S3/c1-14-20-19(13-27-14)15-3-5-16(6-4-15)21-29(25,26)18-9-7-17(8-10-18)22-11-2-12-28(22,23)24/h3-10,13,21H,2,11-12H2,1H3. The van der Waals surface area contributed by atoms with Crippen molar-refractivity contribution in [3.05, 3.63) is 58.9 Å². The van der Waals surface area contributed by atoms with Crippen molar-refractivity contribution in [2.24, 2.45) is 0 Å². The van der Waals surface area contributed by atoms with Crippen LogP contribution in [-0.2, 0) is 20.0 Å². The predicted octanol–water partition coefficient (Wildman–Crippen LogP) is 3.46. The minimum Gasteiger partial charge on any atom is -0.280 e. The zero-order chi connectivity index (χ0) is 20.6. The van der Waals surface area contributed by atoms with Gasteiger partial charge in [-0.3, -0.25) is 9.03 Å². The number of rotatable bonds is 5. The van der Waals surface area contributed by atoms with Crippen LogP contribution in [0.3, 0.4) is 0 Å². The molecular formula is C19H19N3O4S3. The highest BCUT2D eigenvalue weighted by atomic mass is 32.2. The molecule has 1 aliphatic rings. The van der Waals surface area contributed by atoms with E-state index in [9.17, 15) is 16.8 Å². The maximum absolute atomic E-state index is 12.7. The summed E-state index contributed by atoms with van der Waals surface area (Å²) in [7, 11) is -7.09. The molecule has 0 aliphatic carbocycles. The first-order chi connectivity index (χ1) is 13.7. The monoisotopic (exact) mass is 449 g/mol. The molecule has 0 radical (unpaired) electrons. The molecule has 0 saturated carbocycles. The number of nitrogens with zero attached hydrogens (tertiary/aromatic N) is 2. The molecule has 3 aromatic rings. The lowest BCUT2D eigenvalue weighted by Gasteiger charge is -2.17. The molecule has 1 fully saturated rings. The maximum Gasteiger partial charge on any atom is 0.261 e. The van der Waals surface area contributed by atoms with E-state index in [0.29, 0.717) is 24.3 Å². The molecule has 1 N–H and O–H groups in total. The van der Waals surface area contributed by atoms with Crippen LogP contribution in [0.5, 0.6) is 0 Å². The van der Waals surface area contributed by atoms with Crippen LogP contribution in [0.4, 0.5) is 11.4 Å². The van der Waals surface area contributed by atoms with Crippen LogP contribution in [0.25, 0.3) is 11.3 Å². The van der Waals surface area contributed by atoms with Gasteiger partial charge in [-0.25, -0.2) is 21.8 Å². The van der Waals surface area contributed by atoms with Gasteiger partial charge >= 0.3 is 0 Å².